The van der Waals surface area contributed by atoms with E-state index < -0.39 is 11.4 Å². The second-order valence-corrected chi connectivity index (χ2v) is 3.11. The molecule has 0 unspecified atom stereocenters. The summed E-state index contributed by atoms with van der Waals surface area (Å²) in [6.07, 6.45) is 0.629. The van der Waals surface area contributed by atoms with Gasteiger partial charge in [-0.25, -0.2) is 9.59 Å². The average Bonchev–Trinajstić information content (AvgIpc) is 2.25. The van der Waals surface area contributed by atoms with E-state index in [1.807, 2.05) is 0 Å². The summed E-state index contributed by atoms with van der Waals surface area (Å²) in [5, 5.41) is 0.224. The molecule has 15 heavy (non-hydrogen) atoms. The van der Waals surface area contributed by atoms with Gasteiger partial charge in [0.25, 0.3) is 0 Å². The van der Waals surface area contributed by atoms with Gasteiger partial charge in [0.1, 0.15) is 6.29 Å². The van der Waals surface area contributed by atoms with Crippen molar-refractivity contribution in [3.05, 3.63) is 44.7 Å². The highest BCUT2D eigenvalue weighted by Gasteiger charge is 2.06. The van der Waals surface area contributed by atoms with Gasteiger partial charge in [-0.3, -0.25) is 9.36 Å². The Morgan fingerprint density at radius 3 is 2.73 bits per heavy atom. The Labute approximate surface area is 83.6 Å². The van der Waals surface area contributed by atoms with Crippen molar-refractivity contribution < 1.29 is 9.21 Å². The standard InChI is InChI=1S/C10H7NO4/c1-11-8-3-2-6(5-12)4-7(8)9(13)15-10(11)14/h2-5H,1H3. The van der Waals surface area contributed by atoms with Crippen molar-refractivity contribution in [2.24, 2.45) is 7.05 Å². The van der Waals surface area contributed by atoms with Crippen molar-refractivity contribution in [2.45, 2.75) is 0 Å². The molecule has 2 aromatic rings. The first kappa shape index (κ1) is 9.39. The van der Waals surface area contributed by atoms with E-state index >= 15 is 0 Å². The topological polar surface area (TPSA) is 69.3 Å². The molecule has 0 N–H and O–H groups in total. The first-order chi connectivity index (χ1) is 7.13. The number of carbonyl (C=O) groups excluding carboxylic acids is 1. The third kappa shape index (κ3) is 1.38. The van der Waals surface area contributed by atoms with E-state index in [-0.39, 0.29) is 5.39 Å². The van der Waals surface area contributed by atoms with Crippen molar-refractivity contribution in [3.8, 4) is 0 Å². The quantitative estimate of drug-likeness (QED) is 0.628. The summed E-state index contributed by atoms with van der Waals surface area (Å²) in [6, 6.07) is 4.47. The maximum Gasteiger partial charge on any atom is 0.422 e. The monoisotopic (exact) mass is 205 g/mol. The average molecular weight is 205 g/mol. The van der Waals surface area contributed by atoms with Gasteiger partial charge in [-0.2, -0.15) is 0 Å². The van der Waals surface area contributed by atoms with Gasteiger partial charge in [0.05, 0.1) is 10.9 Å². The highest BCUT2D eigenvalue weighted by Crippen LogP contribution is 2.08. The van der Waals surface area contributed by atoms with Gasteiger partial charge >= 0.3 is 11.4 Å². The Bertz CT molecular complexity index is 651. The van der Waals surface area contributed by atoms with Crippen molar-refractivity contribution >= 4 is 17.2 Å². The van der Waals surface area contributed by atoms with E-state index in [0.29, 0.717) is 17.4 Å². The van der Waals surface area contributed by atoms with Crippen LogP contribution < -0.4 is 11.4 Å². The summed E-state index contributed by atoms with van der Waals surface area (Å²) in [6.45, 7) is 0. The molecular formula is C10H7NO4. The van der Waals surface area contributed by atoms with E-state index in [1.54, 1.807) is 0 Å². The van der Waals surface area contributed by atoms with Crippen LogP contribution in [0.25, 0.3) is 10.9 Å². The van der Waals surface area contributed by atoms with E-state index in [4.69, 9.17) is 0 Å². The molecule has 0 aliphatic heterocycles. The molecule has 76 valence electrons. The highest BCUT2D eigenvalue weighted by molar-refractivity contribution is 5.86. The first-order valence-corrected chi connectivity index (χ1v) is 4.22. The molecule has 0 saturated heterocycles. The van der Waals surface area contributed by atoms with Gasteiger partial charge in [-0.15, -0.1) is 0 Å². The number of nitrogens with zero attached hydrogens (tertiary/aromatic N) is 1. The lowest BCUT2D eigenvalue weighted by molar-refractivity contribution is 0.112. The molecule has 0 fully saturated rings. The minimum Gasteiger partial charge on any atom is -0.372 e. The molecule has 0 aliphatic carbocycles. The lowest BCUT2D eigenvalue weighted by Crippen LogP contribution is -2.22. The molecular weight excluding hydrogens is 198 g/mol. The minimum absolute atomic E-state index is 0.224. The highest BCUT2D eigenvalue weighted by atomic mass is 16.4. The van der Waals surface area contributed by atoms with Crippen LogP contribution in [0.3, 0.4) is 0 Å². The van der Waals surface area contributed by atoms with Crippen LogP contribution in [0.2, 0.25) is 0 Å². The lowest BCUT2D eigenvalue weighted by atomic mass is 10.2. The number of aryl methyl sites for hydroxylation is 1. The van der Waals surface area contributed by atoms with Gasteiger partial charge in [0, 0.05) is 12.6 Å². The second-order valence-electron chi connectivity index (χ2n) is 3.11. The van der Waals surface area contributed by atoms with Crippen LogP contribution in [0.4, 0.5) is 0 Å². The summed E-state index contributed by atoms with van der Waals surface area (Å²) in [5.41, 5.74) is 0.0899. The smallest absolute Gasteiger partial charge is 0.372 e. The van der Waals surface area contributed by atoms with Crippen LogP contribution in [0.1, 0.15) is 10.4 Å². The predicted molar refractivity (Wildman–Crippen MR) is 53.1 cm³/mol. The van der Waals surface area contributed by atoms with Crippen molar-refractivity contribution in [2.75, 3.05) is 0 Å². The largest absolute Gasteiger partial charge is 0.422 e. The number of aldehydes is 1. The molecule has 0 aliphatic rings. The maximum atomic E-state index is 11.3. The molecule has 0 atom stereocenters. The molecule has 5 nitrogen and oxygen atoms in total. The lowest BCUT2D eigenvalue weighted by Gasteiger charge is -2.01. The first-order valence-electron chi connectivity index (χ1n) is 4.22. The molecule has 0 bridgehead atoms. The number of aromatic nitrogens is 1. The SMILES string of the molecule is Cn1c(=O)oc(=O)c2cc(C=O)ccc21. The Morgan fingerprint density at radius 1 is 1.33 bits per heavy atom. The van der Waals surface area contributed by atoms with Crippen LogP contribution in [-0.2, 0) is 7.05 Å². The van der Waals surface area contributed by atoms with Crippen LogP contribution in [0.5, 0.6) is 0 Å². The number of fused-ring (bicyclic) bond motifs is 1. The molecule has 1 aromatic heterocycles. The molecule has 0 radical (unpaired) electrons. The molecule has 0 amide bonds. The third-order valence-corrected chi connectivity index (χ3v) is 2.19. The Balaban J connectivity index is 3.03. The number of hydrogen-bond donors (Lipinski definition) is 0. The van der Waals surface area contributed by atoms with Crippen LogP contribution >= 0.6 is 0 Å². The molecule has 2 rings (SSSR count). The van der Waals surface area contributed by atoms with Crippen molar-refractivity contribution in [1.29, 1.82) is 0 Å². The number of hydrogen-bond acceptors (Lipinski definition) is 4. The van der Waals surface area contributed by atoms with Gasteiger partial charge < -0.3 is 4.42 Å². The van der Waals surface area contributed by atoms with Crippen LogP contribution in [0.15, 0.2) is 32.2 Å². The number of benzene rings is 1. The summed E-state index contributed by atoms with van der Waals surface area (Å²) in [7, 11) is 1.49. The van der Waals surface area contributed by atoms with E-state index in [0.717, 1.165) is 0 Å². The summed E-state index contributed by atoms with van der Waals surface area (Å²) in [5.74, 6) is -0.716. The molecule has 5 heteroatoms. The fourth-order valence-electron chi connectivity index (χ4n) is 1.38. The Morgan fingerprint density at radius 2 is 2.07 bits per heavy atom. The predicted octanol–water partition coefficient (Wildman–Crippen LogP) is 0.304. The summed E-state index contributed by atoms with van der Waals surface area (Å²) in [4.78, 5) is 33.0. The summed E-state index contributed by atoms with van der Waals surface area (Å²) >= 11 is 0. The molecule has 0 saturated carbocycles. The Kier molecular flexibility index (Phi) is 2.00. The third-order valence-electron chi connectivity index (χ3n) is 2.19. The van der Waals surface area contributed by atoms with E-state index in [1.165, 1.54) is 29.8 Å². The van der Waals surface area contributed by atoms with Gasteiger partial charge in [-0.1, -0.05) is 0 Å². The molecule has 0 spiro atoms. The number of rotatable bonds is 1. The van der Waals surface area contributed by atoms with Gasteiger partial charge in [-0.05, 0) is 18.2 Å². The Hall–Kier alpha value is -2.17. The minimum atomic E-state index is -0.725. The molecule has 1 aromatic carbocycles. The fourth-order valence-corrected chi connectivity index (χ4v) is 1.38. The zero-order chi connectivity index (χ0) is 11.0. The molecule has 1 heterocycles. The summed E-state index contributed by atoms with van der Waals surface area (Å²) < 4.78 is 5.67. The second kappa shape index (κ2) is 3.20. The maximum absolute atomic E-state index is 11.3. The van der Waals surface area contributed by atoms with Gasteiger partial charge in [0.2, 0.25) is 0 Å². The van der Waals surface area contributed by atoms with Crippen molar-refractivity contribution in [3.63, 3.8) is 0 Å². The van der Waals surface area contributed by atoms with Crippen LogP contribution in [0, 0.1) is 0 Å². The number of carbonyl (C=O) groups is 1. The zero-order valence-electron chi connectivity index (χ0n) is 7.89. The van der Waals surface area contributed by atoms with E-state index in [9.17, 15) is 14.4 Å². The van der Waals surface area contributed by atoms with Crippen LogP contribution in [-0.4, -0.2) is 10.9 Å². The van der Waals surface area contributed by atoms with Crippen molar-refractivity contribution in [1.82, 2.24) is 4.57 Å². The zero-order valence-corrected chi connectivity index (χ0v) is 7.89. The van der Waals surface area contributed by atoms with E-state index in [2.05, 4.69) is 4.42 Å². The van der Waals surface area contributed by atoms with Gasteiger partial charge in [0.15, 0.2) is 0 Å². The normalized spacial score (nSPS) is 10.5. The fraction of sp³-hybridized carbons (Fsp3) is 0.100.